The van der Waals surface area contributed by atoms with Crippen molar-refractivity contribution in [3.63, 3.8) is 0 Å². The maximum absolute atomic E-state index is 8.23. The van der Waals surface area contributed by atoms with Crippen LogP contribution in [-0.4, -0.2) is 28.0 Å². The Kier molecular flexibility index (Phi) is 15.6. The molecule has 2 nitrogen and oxygen atoms in total. The van der Waals surface area contributed by atoms with Crippen molar-refractivity contribution < 1.29 is 24.8 Å². The predicted octanol–water partition coefficient (Wildman–Crippen LogP) is -5.42. The van der Waals surface area contributed by atoms with Crippen molar-refractivity contribution >= 4 is 23.1 Å². The van der Waals surface area contributed by atoms with Crippen LogP contribution in [-0.2, 0) is 0 Å². The summed E-state index contributed by atoms with van der Waals surface area (Å²) in [5, 5.41) is 8.23. The molecule has 11 heavy (non-hydrogen) atoms. The summed E-state index contributed by atoms with van der Waals surface area (Å²) in [4.78, 5) is 3.74. The van der Waals surface area contributed by atoms with Crippen LogP contribution in [0.5, 0.6) is 0 Å². The van der Waals surface area contributed by atoms with E-state index in [-0.39, 0.29) is 47.9 Å². The molecule has 0 amide bonds. The third kappa shape index (κ3) is 6.39. The zero-order valence-corrected chi connectivity index (χ0v) is 8.59. The predicted molar refractivity (Wildman–Crippen MR) is 34.7 cm³/mol. The fourth-order valence-electron chi connectivity index (χ4n) is 0.429. The normalized spacial score (nSPS) is 5.73. The second-order valence-electron chi connectivity index (χ2n) is 1.33. The number of halogens is 2. The summed E-state index contributed by atoms with van der Waals surface area (Å²) in [6.45, 7) is 0. The third-order valence-corrected chi connectivity index (χ3v) is 0.779. The van der Waals surface area contributed by atoms with Gasteiger partial charge in [-0.05, 0) is 12.1 Å². The van der Waals surface area contributed by atoms with Crippen LogP contribution in [0.4, 0.5) is 0 Å². The van der Waals surface area contributed by atoms with Gasteiger partial charge in [0.05, 0.1) is 0 Å². The number of nitriles is 1. The minimum Gasteiger partial charge on any atom is -1.00 e. The van der Waals surface area contributed by atoms with Gasteiger partial charge in [-0.15, -0.1) is 0 Å². The average Bonchev–Trinajstić information content (AvgIpc) is 1.90. The molecule has 54 valence electrons. The van der Waals surface area contributed by atoms with Gasteiger partial charge in [0.15, 0.2) is 0 Å². The number of rotatable bonds is 0. The Morgan fingerprint density at radius 1 is 1.27 bits per heavy atom. The van der Waals surface area contributed by atoms with E-state index in [1.54, 1.807) is 24.4 Å². The van der Waals surface area contributed by atoms with Crippen molar-refractivity contribution in [2.45, 2.75) is 0 Å². The minimum absolute atomic E-state index is 0. The molecule has 0 aliphatic heterocycles. The molecule has 0 spiro atoms. The van der Waals surface area contributed by atoms with Gasteiger partial charge in [0.2, 0.25) is 0 Å². The van der Waals surface area contributed by atoms with Gasteiger partial charge in [-0.3, -0.25) is 0 Å². The molecule has 0 atom stereocenters. The maximum atomic E-state index is 8.23. The molecule has 1 aromatic rings. The molecule has 1 heterocycles. The first kappa shape index (κ1) is 17.2. The van der Waals surface area contributed by atoms with Crippen LogP contribution in [0.2, 0.25) is 0 Å². The van der Waals surface area contributed by atoms with Crippen molar-refractivity contribution in [2.75, 3.05) is 0 Å². The number of nitrogens with zero attached hydrogens (tertiary/aromatic N) is 2. The molecule has 0 aliphatic carbocycles. The summed E-state index contributed by atoms with van der Waals surface area (Å²) in [7, 11) is 0. The molecule has 0 unspecified atom stereocenters. The van der Waals surface area contributed by atoms with E-state index >= 15 is 0 Å². The molecule has 1 aromatic heterocycles. The van der Waals surface area contributed by atoms with Crippen molar-refractivity contribution in [3.8, 4) is 6.07 Å². The molecule has 0 aromatic carbocycles. The van der Waals surface area contributed by atoms with Gasteiger partial charge in [-0.2, -0.15) is 5.26 Å². The zero-order valence-electron chi connectivity index (χ0n) is 5.67. The third-order valence-electron chi connectivity index (χ3n) is 0.779. The second kappa shape index (κ2) is 9.99. The van der Waals surface area contributed by atoms with Crippen LogP contribution in [0.1, 0.15) is 5.69 Å². The molecular formula is C6H4Cl2MgN2. The summed E-state index contributed by atoms with van der Waals surface area (Å²) in [6.07, 6.45) is 1.60. The van der Waals surface area contributed by atoms with Gasteiger partial charge >= 0.3 is 23.1 Å². The van der Waals surface area contributed by atoms with Crippen molar-refractivity contribution in [3.05, 3.63) is 30.1 Å². The van der Waals surface area contributed by atoms with E-state index in [2.05, 4.69) is 4.98 Å². The van der Waals surface area contributed by atoms with E-state index < -0.39 is 0 Å². The summed E-state index contributed by atoms with van der Waals surface area (Å²) in [5.41, 5.74) is 0.465. The van der Waals surface area contributed by atoms with Gasteiger partial charge < -0.3 is 24.8 Å². The monoisotopic (exact) mass is 198 g/mol. The standard InChI is InChI=1S/C6H4N2.2ClH.Mg/c7-5-6-3-1-2-4-8-6;;;/h1-4H;2*1H;/q;;;+2/p-2. The molecule has 0 saturated heterocycles. The van der Waals surface area contributed by atoms with Gasteiger partial charge in [-0.25, -0.2) is 4.98 Å². The molecule has 1 rings (SSSR count). The Balaban J connectivity index is -0.000000213. The Labute approximate surface area is 94.0 Å². The van der Waals surface area contributed by atoms with E-state index in [0.717, 1.165) is 0 Å². The number of hydrogen-bond acceptors (Lipinski definition) is 2. The smallest absolute Gasteiger partial charge is 1.00 e. The molecule has 0 bridgehead atoms. The molecule has 0 aliphatic rings. The van der Waals surface area contributed by atoms with E-state index in [1.165, 1.54) is 0 Å². The Morgan fingerprint density at radius 3 is 2.18 bits per heavy atom. The second-order valence-corrected chi connectivity index (χ2v) is 1.33. The van der Waals surface area contributed by atoms with Gasteiger partial charge in [0, 0.05) is 6.20 Å². The SMILES string of the molecule is N#Cc1ccccn1.[Cl-].[Cl-].[Mg+2]. The van der Waals surface area contributed by atoms with Crippen LogP contribution in [0.15, 0.2) is 24.4 Å². The molecule has 0 radical (unpaired) electrons. The van der Waals surface area contributed by atoms with Crippen molar-refractivity contribution in [2.24, 2.45) is 0 Å². The van der Waals surface area contributed by atoms with E-state index in [0.29, 0.717) is 5.69 Å². The summed E-state index contributed by atoms with van der Waals surface area (Å²) < 4.78 is 0. The quantitative estimate of drug-likeness (QED) is 0.391. The van der Waals surface area contributed by atoms with E-state index in [4.69, 9.17) is 5.26 Å². The van der Waals surface area contributed by atoms with Crippen LogP contribution < -0.4 is 24.8 Å². The Hall–Kier alpha value is -0.0138. The first-order chi connectivity index (χ1) is 3.93. The van der Waals surface area contributed by atoms with Crippen LogP contribution in [0.3, 0.4) is 0 Å². The van der Waals surface area contributed by atoms with E-state index in [9.17, 15) is 0 Å². The summed E-state index contributed by atoms with van der Waals surface area (Å²) >= 11 is 0. The Morgan fingerprint density at radius 2 is 1.91 bits per heavy atom. The first-order valence-corrected chi connectivity index (χ1v) is 2.24. The topological polar surface area (TPSA) is 36.7 Å². The molecular weight excluding hydrogens is 195 g/mol. The molecule has 0 N–H and O–H groups in total. The molecule has 0 fully saturated rings. The van der Waals surface area contributed by atoms with Crippen molar-refractivity contribution in [1.82, 2.24) is 4.98 Å². The number of pyridine rings is 1. The zero-order chi connectivity index (χ0) is 5.82. The van der Waals surface area contributed by atoms with Crippen molar-refractivity contribution in [1.29, 1.82) is 5.26 Å². The van der Waals surface area contributed by atoms with Crippen LogP contribution in [0, 0.1) is 11.3 Å². The van der Waals surface area contributed by atoms with Gasteiger partial charge in [-0.1, -0.05) is 6.07 Å². The Bertz CT molecular complexity index is 210. The fraction of sp³-hybridized carbons (Fsp3) is 0. The number of aromatic nitrogens is 1. The first-order valence-electron chi connectivity index (χ1n) is 2.24. The molecule has 0 saturated carbocycles. The summed E-state index contributed by atoms with van der Waals surface area (Å²) in [5.74, 6) is 0. The van der Waals surface area contributed by atoms with Gasteiger partial charge in [0.25, 0.3) is 0 Å². The van der Waals surface area contributed by atoms with Gasteiger partial charge in [0.1, 0.15) is 11.8 Å². The van der Waals surface area contributed by atoms with Crippen LogP contribution in [0.25, 0.3) is 0 Å². The summed E-state index contributed by atoms with van der Waals surface area (Å²) in [6, 6.07) is 7.14. The minimum atomic E-state index is 0. The van der Waals surface area contributed by atoms with E-state index in [1.807, 2.05) is 6.07 Å². The van der Waals surface area contributed by atoms with Crippen LogP contribution >= 0.6 is 0 Å². The fourth-order valence-corrected chi connectivity index (χ4v) is 0.429. The largest absolute Gasteiger partial charge is 2.00 e. The maximum Gasteiger partial charge on any atom is 2.00 e. The molecule has 5 heteroatoms. The number of hydrogen-bond donors (Lipinski definition) is 0. The average molecular weight is 199 g/mol.